The number of carbonyl (C=O) groups excluding carboxylic acids is 1. The Morgan fingerprint density at radius 3 is 2.58 bits per heavy atom. The van der Waals surface area contributed by atoms with E-state index in [9.17, 15) is 14.0 Å². The second-order valence-corrected chi connectivity index (χ2v) is 6.10. The Hall–Kier alpha value is -3.14. The van der Waals surface area contributed by atoms with Crippen molar-refractivity contribution in [1.82, 2.24) is 9.47 Å². The lowest BCUT2D eigenvalue weighted by Crippen LogP contribution is -2.49. The lowest BCUT2D eigenvalue weighted by atomic mass is 10.1. The molecule has 26 heavy (non-hydrogen) atoms. The van der Waals surface area contributed by atoms with Gasteiger partial charge in [-0.3, -0.25) is 9.59 Å². The molecule has 0 unspecified atom stereocenters. The van der Waals surface area contributed by atoms with Gasteiger partial charge in [0.2, 0.25) is 5.91 Å². The van der Waals surface area contributed by atoms with Gasteiger partial charge in [-0.1, -0.05) is 12.1 Å². The Morgan fingerprint density at radius 2 is 1.88 bits per heavy atom. The van der Waals surface area contributed by atoms with E-state index in [1.807, 2.05) is 11.0 Å². The number of nitrogens with zero attached hydrogens (tertiary/aromatic N) is 4. The number of hydrogen-bond acceptors (Lipinski definition) is 4. The van der Waals surface area contributed by atoms with Gasteiger partial charge in [-0.25, -0.2) is 4.39 Å². The van der Waals surface area contributed by atoms with Crippen LogP contribution in [0.15, 0.2) is 47.4 Å². The number of rotatable bonds is 4. The molecule has 0 bridgehead atoms. The molecule has 2 heterocycles. The molecule has 1 aromatic heterocycles. The first-order chi connectivity index (χ1) is 12.6. The maximum Gasteiger partial charge on any atom is 0.250 e. The largest absolute Gasteiger partial charge is 0.367 e. The Morgan fingerprint density at radius 1 is 1.12 bits per heavy atom. The van der Waals surface area contributed by atoms with Crippen LogP contribution in [0.1, 0.15) is 12.0 Å². The smallest absolute Gasteiger partial charge is 0.250 e. The number of carbonyl (C=O) groups is 1. The van der Waals surface area contributed by atoms with Crippen molar-refractivity contribution in [3.63, 3.8) is 0 Å². The lowest BCUT2D eigenvalue weighted by molar-refractivity contribution is -0.131. The summed E-state index contributed by atoms with van der Waals surface area (Å²) in [5, 5.41) is 9.16. The summed E-state index contributed by atoms with van der Waals surface area (Å²) in [7, 11) is 0. The first kappa shape index (κ1) is 17.7. The van der Waals surface area contributed by atoms with Crippen LogP contribution in [0.3, 0.4) is 0 Å². The summed E-state index contributed by atoms with van der Waals surface area (Å²) >= 11 is 0. The highest BCUT2D eigenvalue weighted by atomic mass is 19.1. The second-order valence-electron chi connectivity index (χ2n) is 6.10. The van der Waals surface area contributed by atoms with Gasteiger partial charge in [0.25, 0.3) is 5.56 Å². The molecule has 7 heteroatoms. The molecule has 3 rings (SSSR count). The maximum atomic E-state index is 13.8. The second kappa shape index (κ2) is 7.83. The van der Waals surface area contributed by atoms with Crippen molar-refractivity contribution in [2.24, 2.45) is 0 Å². The van der Waals surface area contributed by atoms with Crippen LogP contribution in [-0.2, 0) is 11.3 Å². The topological polar surface area (TPSA) is 69.3 Å². The minimum atomic E-state index is -0.531. The van der Waals surface area contributed by atoms with Crippen molar-refractivity contribution < 1.29 is 9.18 Å². The zero-order chi connectivity index (χ0) is 18.5. The van der Waals surface area contributed by atoms with Crippen molar-refractivity contribution in [3.8, 4) is 6.07 Å². The molecule has 2 aromatic rings. The third kappa shape index (κ3) is 3.75. The molecule has 1 aromatic carbocycles. The van der Waals surface area contributed by atoms with E-state index in [2.05, 4.69) is 0 Å². The van der Waals surface area contributed by atoms with Gasteiger partial charge in [0.05, 0.1) is 5.69 Å². The lowest BCUT2D eigenvalue weighted by Gasteiger charge is -2.36. The van der Waals surface area contributed by atoms with Crippen LogP contribution in [0, 0.1) is 17.1 Å². The Bertz CT molecular complexity index is 895. The maximum absolute atomic E-state index is 13.8. The molecule has 1 aliphatic heterocycles. The zero-order valence-corrected chi connectivity index (χ0v) is 14.3. The molecule has 1 fully saturated rings. The van der Waals surface area contributed by atoms with Gasteiger partial charge in [-0.05, 0) is 18.2 Å². The number of nitriles is 1. The number of pyridine rings is 1. The Balaban J connectivity index is 1.58. The molecular weight excluding hydrogens is 335 g/mol. The summed E-state index contributed by atoms with van der Waals surface area (Å²) in [4.78, 5) is 27.7. The molecule has 6 nitrogen and oxygen atoms in total. The summed E-state index contributed by atoms with van der Waals surface area (Å²) < 4.78 is 15.3. The van der Waals surface area contributed by atoms with Crippen molar-refractivity contribution in [1.29, 1.82) is 5.26 Å². The van der Waals surface area contributed by atoms with Gasteiger partial charge in [-0.2, -0.15) is 5.26 Å². The Labute approximate surface area is 150 Å². The van der Waals surface area contributed by atoms with Crippen molar-refractivity contribution in [2.45, 2.75) is 13.0 Å². The van der Waals surface area contributed by atoms with E-state index in [4.69, 9.17) is 5.26 Å². The van der Waals surface area contributed by atoms with Gasteiger partial charge < -0.3 is 14.4 Å². The average molecular weight is 354 g/mol. The SMILES string of the molecule is N#Cc1c(F)cccc1N1CCN(C(=O)CCn2ccccc2=O)CC1. The number of amides is 1. The zero-order valence-electron chi connectivity index (χ0n) is 14.3. The number of benzene rings is 1. The van der Waals surface area contributed by atoms with Gasteiger partial charge in [0.1, 0.15) is 17.4 Å². The number of aryl methyl sites for hydroxylation is 1. The third-order valence-corrected chi connectivity index (χ3v) is 4.54. The van der Waals surface area contributed by atoms with Crippen LogP contribution in [0.2, 0.25) is 0 Å². The minimum Gasteiger partial charge on any atom is -0.367 e. The monoisotopic (exact) mass is 354 g/mol. The van der Waals surface area contributed by atoms with Gasteiger partial charge >= 0.3 is 0 Å². The van der Waals surface area contributed by atoms with E-state index in [-0.39, 0.29) is 23.5 Å². The number of anilines is 1. The number of halogens is 1. The van der Waals surface area contributed by atoms with Crippen molar-refractivity contribution in [3.05, 3.63) is 64.3 Å². The predicted molar refractivity (Wildman–Crippen MR) is 95.2 cm³/mol. The summed E-state index contributed by atoms with van der Waals surface area (Å²) in [6.45, 7) is 2.43. The molecule has 0 atom stereocenters. The quantitative estimate of drug-likeness (QED) is 0.836. The summed E-state index contributed by atoms with van der Waals surface area (Å²) in [6.07, 6.45) is 1.92. The molecule has 1 amide bonds. The molecule has 0 N–H and O–H groups in total. The molecule has 1 saturated heterocycles. The van der Waals surface area contributed by atoms with Crippen molar-refractivity contribution >= 4 is 11.6 Å². The van der Waals surface area contributed by atoms with Gasteiger partial charge in [-0.15, -0.1) is 0 Å². The number of hydrogen-bond donors (Lipinski definition) is 0. The number of piperazine rings is 1. The van der Waals surface area contributed by atoms with Gasteiger partial charge in [0.15, 0.2) is 0 Å². The molecule has 0 radical (unpaired) electrons. The van der Waals surface area contributed by atoms with E-state index < -0.39 is 5.82 Å². The molecule has 0 saturated carbocycles. The molecular formula is C19H19FN4O2. The highest BCUT2D eigenvalue weighted by Gasteiger charge is 2.23. The highest BCUT2D eigenvalue weighted by molar-refractivity contribution is 5.76. The third-order valence-electron chi connectivity index (χ3n) is 4.54. The molecule has 1 aliphatic rings. The highest BCUT2D eigenvalue weighted by Crippen LogP contribution is 2.23. The molecule has 0 spiro atoms. The van der Waals surface area contributed by atoms with Crippen LogP contribution in [0.4, 0.5) is 10.1 Å². The molecule has 134 valence electrons. The fourth-order valence-electron chi connectivity index (χ4n) is 3.10. The number of aromatic nitrogens is 1. The van der Waals surface area contributed by atoms with Gasteiger partial charge in [0, 0.05) is 51.4 Å². The summed E-state index contributed by atoms with van der Waals surface area (Å²) in [6, 6.07) is 11.4. The fourth-order valence-corrected chi connectivity index (χ4v) is 3.10. The average Bonchev–Trinajstić information content (AvgIpc) is 2.67. The summed E-state index contributed by atoms with van der Waals surface area (Å²) in [5.74, 6) is -0.544. The standard InChI is InChI=1S/C19H19FN4O2/c20-16-4-3-5-17(15(16)14-21)22-10-12-24(13-11-22)19(26)7-9-23-8-2-1-6-18(23)25/h1-6,8H,7,9-13H2. The van der Waals surface area contributed by atoms with E-state index in [0.29, 0.717) is 38.4 Å². The van der Waals surface area contributed by atoms with Crippen LogP contribution >= 0.6 is 0 Å². The normalized spacial score (nSPS) is 14.2. The minimum absolute atomic E-state index is 0.0137. The summed E-state index contributed by atoms with van der Waals surface area (Å²) in [5.41, 5.74) is 0.478. The first-order valence-corrected chi connectivity index (χ1v) is 8.47. The van der Waals surface area contributed by atoms with E-state index in [1.165, 1.54) is 16.7 Å². The fraction of sp³-hybridized carbons (Fsp3) is 0.316. The van der Waals surface area contributed by atoms with Crippen LogP contribution in [0.5, 0.6) is 0 Å². The predicted octanol–water partition coefficient (Wildman–Crippen LogP) is 1.60. The van der Waals surface area contributed by atoms with Crippen molar-refractivity contribution in [2.75, 3.05) is 31.1 Å². The van der Waals surface area contributed by atoms with E-state index in [1.54, 1.807) is 35.4 Å². The van der Waals surface area contributed by atoms with Crippen LogP contribution in [-0.4, -0.2) is 41.6 Å². The Kier molecular flexibility index (Phi) is 5.32. The molecule has 0 aliphatic carbocycles. The van der Waals surface area contributed by atoms with E-state index in [0.717, 1.165) is 0 Å². The first-order valence-electron chi connectivity index (χ1n) is 8.47. The van der Waals surface area contributed by atoms with Crippen LogP contribution < -0.4 is 10.5 Å². The van der Waals surface area contributed by atoms with E-state index >= 15 is 0 Å². The van der Waals surface area contributed by atoms with Crippen LogP contribution in [0.25, 0.3) is 0 Å².